The van der Waals surface area contributed by atoms with Gasteiger partial charge >= 0.3 is 12.6 Å². The maximum absolute atomic E-state index is 13.2. The molecule has 1 aliphatic rings. The van der Waals surface area contributed by atoms with Crippen LogP contribution >= 0.6 is 34.8 Å². The normalized spacial score (nSPS) is 16.1. The highest BCUT2D eigenvalue weighted by molar-refractivity contribution is 7.13. The van der Waals surface area contributed by atoms with E-state index < -0.39 is 18.4 Å². The van der Waals surface area contributed by atoms with E-state index in [1.165, 1.54) is 47.3 Å². The Kier molecular flexibility index (Phi) is 8.15. The van der Waals surface area contributed by atoms with Gasteiger partial charge in [-0.2, -0.15) is 17.5 Å². The molecule has 16 heteroatoms. The number of nitrogens with zero attached hydrogens (tertiary/aromatic N) is 6. The van der Waals surface area contributed by atoms with Gasteiger partial charge in [-0.15, -0.1) is 10.2 Å². The Balaban J connectivity index is 0.000000269. The molecule has 0 aliphatic carbocycles. The first-order valence-corrected chi connectivity index (χ1v) is 15.9. The summed E-state index contributed by atoms with van der Waals surface area (Å²) in [5.41, 5.74) is 5.56. The Bertz CT molecular complexity index is 2310. The van der Waals surface area contributed by atoms with Crippen LogP contribution in [-0.4, -0.2) is 51.9 Å². The molecule has 0 saturated carbocycles. The van der Waals surface area contributed by atoms with Gasteiger partial charge in [0.2, 0.25) is 0 Å². The number of carbonyl (C=O) groups excluding carboxylic acids is 2. The van der Waals surface area contributed by atoms with Gasteiger partial charge in [-0.1, -0.05) is 21.1 Å². The molecule has 0 bridgehead atoms. The highest BCUT2D eigenvalue weighted by Crippen LogP contribution is 2.45. The standard InChI is InChI=1S/C24H14F2N4O4S2.C7H4N2OS/c25-23(26)33-15-5-3-14(4-6-15)24(32)16(9-12-1-7-18-20(10-12)35-30-27-18)21(22(31)34-24)13-2-8-17-19(11-13)29-36-28-17;10-4-5-1-2-6-7(3-5)11-9-8-6/h1-8,10-11,23,32H,9H2;1-4H. The van der Waals surface area contributed by atoms with Crippen LogP contribution in [0, 0.1) is 0 Å². The van der Waals surface area contributed by atoms with Gasteiger partial charge in [0.25, 0.3) is 5.79 Å². The van der Waals surface area contributed by atoms with Gasteiger partial charge < -0.3 is 14.6 Å². The molecule has 47 heavy (non-hydrogen) atoms. The lowest BCUT2D eigenvalue weighted by atomic mass is 9.88. The molecular formula is C31H18F2N6O5S3. The fourth-order valence-electron chi connectivity index (χ4n) is 5.08. The number of cyclic esters (lactones) is 1. The van der Waals surface area contributed by atoms with Gasteiger partial charge in [-0.05, 0) is 101 Å². The molecule has 1 atom stereocenters. The van der Waals surface area contributed by atoms with Gasteiger partial charge in [0.1, 0.15) is 34.1 Å². The predicted molar refractivity (Wildman–Crippen MR) is 171 cm³/mol. The molecule has 1 aliphatic heterocycles. The zero-order valence-electron chi connectivity index (χ0n) is 23.6. The maximum atomic E-state index is 13.2. The smallest absolute Gasteiger partial charge is 0.387 e. The Labute approximate surface area is 275 Å². The lowest BCUT2D eigenvalue weighted by molar-refractivity contribution is -0.185. The van der Waals surface area contributed by atoms with E-state index in [4.69, 9.17) is 4.74 Å². The number of hydrogen-bond donors (Lipinski definition) is 1. The van der Waals surface area contributed by atoms with E-state index in [0.717, 1.165) is 44.0 Å². The van der Waals surface area contributed by atoms with E-state index in [9.17, 15) is 23.5 Å². The Hall–Kier alpha value is -5.16. The van der Waals surface area contributed by atoms with Crippen molar-refractivity contribution in [1.29, 1.82) is 0 Å². The second-order valence-corrected chi connectivity index (χ2v) is 12.2. The van der Waals surface area contributed by atoms with Crippen molar-refractivity contribution in [2.24, 2.45) is 0 Å². The second kappa shape index (κ2) is 12.6. The number of alkyl halides is 2. The minimum Gasteiger partial charge on any atom is -0.435 e. The fraction of sp³-hybridized carbons (Fsp3) is 0.0968. The second-order valence-electron chi connectivity index (χ2n) is 10.1. The molecule has 4 heterocycles. The Morgan fingerprint density at radius 2 is 1.53 bits per heavy atom. The van der Waals surface area contributed by atoms with E-state index in [2.05, 4.69) is 32.7 Å². The molecule has 7 aromatic rings. The van der Waals surface area contributed by atoms with Crippen molar-refractivity contribution in [2.75, 3.05) is 0 Å². The van der Waals surface area contributed by atoms with Crippen molar-refractivity contribution in [3.8, 4) is 5.75 Å². The SMILES string of the molecule is O=C1OC(O)(c2ccc(OC(F)F)cc2)C(Cc2ccc3nnsc3c2)=C1c1ccc2nsnc2c1.O=Cc1ccc2nnsc2c1. The molecule has 1 N–H and O–H groups in total. The van der Waals surface area contributed by atoms with Crippen LogP contribution in [0.15, 0.2) is 84.4 Å². The first kappa shape index (κ1) is 30.5. The number of aromatic nitrogens is 6. The molecule has 234 valence electrons. The third-order valence-corrected chi connectivity index (χ3v) is 9.20. The summed E-state index contributed by atoms with van der Waals surface area (Å²) in [4.78, 5) is 23.5. The summed E-state index contributed by atoms with van der Waals surface area (Å²) >= 11 is 3.59. The van der Waals surface area contributed by atoms with E-state index in [-0.39, 0.29) is 23.3 Å². The van der Waals surface area contributed by atoms with Crippen LogP contribution in [0.3, 0.4) is 0 Å². The number of ether oxygens (including phenoxy) is 2. The maximum Gasteiger partial charge on any atom is 0.387 e. The summed E-state index contributed by atoms with van der Waals surface area (Å²) in [6.45, 7) is -2.99. The van der Waals surface area contributed by atoms with Crippen LogP contribution in [0.5, 0.6) is 5.75 Å². The average molecular weight is 689 g/mol. The number of benzene rings is 4. The number of rotatable bonds is 7. The largest absolute Gasteiger partial charge is 0.435 e. The van der Waals surface area contributed by atoms with Crippen LogP contribution in [0.1, 0.15) is 27.0 Å². The van der Waals surface area contributed by atoms with Crippen LogP contribution in [0.25, 0.3) is 37.0 Å². The van der Waals surface area contributed by atoms with E-state index in [0.29, 0.717) is 27.7 Å². The zero-order valence-corrected chi connectivity index (χ0v) is 26.1. The number of carbonyl (C=O) groups is 2. The molecule has 3 aromatic heterocycles. The summed E-state index contributed by atoms with van der Waals surface area (Å²) < 4.78 is 53.1. The molecule has 0 spiro atoms. The molecular weight excluding hydrogens is 671 g/mol. The summed E-state index contributed by atoms with van der Waals surface area (Å²) in [7, 11) is 0. The number of hydrogen-bond acceptors (Lipinski definition) is 14. The van der Waals surface area contributed by atoms with Gasteiger partial charge in [-0.3, -0.25) is 4.79 Å². The van der Waals surface area contributed by atoms with Crippen molar-refractivity contribution in [3.63, 3.8) is 0 Å². The monoisotopic (exact) mass is 688 g/mol. The van der Waals surface area contributed by atoms with Crippen molar-refractivity contribution >= 4 is 84.1 Å². The molecule has 0 radical (unpaired) electrons. The van der Waals surface area contributed by atoms with Crippen LogP contribution < -0.4 is 4.74 Å². The molecule has 0 amide bonds. The third kappa shape index (κ3) is 6.06. The Morgan fingerprint density at radius 3 is 2.26 bits per heavy atom. The fourth-order valence-corrected chi connectivity index (χ4v) is 6.83. The average Bonchev–Trinajstić information content (AvgIpc) is 3.87. The van der Waals surface area contributed by atoms with E-state index >= 15 is 0 Å². The lowest BCUT2D eigenvalue weighted by Crippen LogP contribution is -2.29. The van der Waals surface area contributed by atoms with Crippen molar-refractivity contribution in [2.45, 2.75) is 18.8 Å². The molecule has 8 rings (SSSR count). The highest BCUT2D eigenvalue weighted by atomic mass is 32.1. The number of fused-ring (bicyclic) bond motifs is 3. The first-order chi connectivity index (χ1) is 22.8. The third-order valence-electron chi connectivity index (χ3n) is 7.27. The van der Waals surface area contributed by atoms with Crippen LogP contribution in [0.2, 0.25) is 0 Å². The Morgan fingerprint density at radius 1 is 0.851 bits per heavy atom. The van der Waals surface area contributed by atoms with Gasteiger partial charge in [-0.25, -0.2) is 4.79 Å². The first-order valence-electron chi connectivity index (χ1n) is 13.7. The van der Waals surface area contributed by atoms with Gasteiger partial charge in [0.15, 0.2) is 0 Å². The lowest BCUT2D eigenvalue weighted by Gasteiger charge is -2.26. The minimum atomic E-state index is -2.99. The number of aldehydes is 1. The number of aliphatic hydroxyl groups is 1. The quantitative estimate of drug-likeness (QED) is 0.151. The van der Waals surface area contributed by atoms with Crippen molar-refractivity contribution < 1.29 is 33.0 Å². The molecule has 4 aromatic carbocycles. The molecule has 1 unspecified atom stereocenters. The number of esters is 1. The minimum absolute atomic E-state index is 0.0861. The molecule has 0 fully saturated rings. The summed E-state index contributed by atoms with van der Waals surface area (Å²) in [5, 5.41) is 19.7. The molecule has 11 nitrogen and oxygen atoms in total. The summed E-state index contributed by atoms with van der Waals surface area (Å²) in [6.07, 6.45) is 0.979. The number of halogens is 2. The van der Waals surface area contributed by atoms with Crippen LogP contribution in [-0.2, 0) is 21.7 Å². The van der Waals surface area contributed by atoms with Gasteiger partial charge in [0, 0.05) is 23.1 Å². The van der Waals surface area contributed by atoms with E-state index in [1.807, 2.05) is 18.2 Å². The van der Waals surface area contributed by atoms with Crippen molar-refractivity contribution in [1.82, 2.24) is 27.9 Å². The topological polar surface area (TPSA) is 150 Å². The summed E-state index contributed by atoms with van der Waals surface area (Å²) in [6, 6.07) is 21.4. The molecule has 0 saturated heterocycles. The predicted octanol–water partition coefficient (Wildman–Crippen LogP) is 6.20. The zero-order chi connectivity index (χ0) is 32.5. The van der Waals surface area contributed by atoms with E-state index in [1.54, 1.807) is 36.4 Å². The van der Waals surface area contributed by atoms with Gasteiger partial charge in [0.05, 0.1) is 26.7 Å². The van der Waals surface area contributed by atoms with Crippen molar-refractivity contribution in [3.05, 3.63) is 107 Å². The summed E-state index contributed by atoms with van der Waals surface area (Å²) in [5.74, 6) is -2.94. The highest BCUT2D eigenvalue weighted by Gasteiger charge is 2.48. The van der Waals surface area contributed by atoms with Crippen LogP contribution in [0.4, 0.5) is 8.78 Å².